The maximum absolute atomic E-state index is 16.7. The van der Waals surface area contributed by atoms with E-state index in [9.17, 15) is 152 Å². The summed E-state index contributed by atoms with van der Waals surface area (Å²) < 4.78 is 122. The Bertz CT molecular complexity index is 4470. The lowest BCUT2D eigenvalue weighted by atomic mass is 9.33. The molecule has 58 unspecified atom stereocenters. The summed E-state index contributed by atoms with van der Waals surface area (Å²) in [7, 11) is 0. The lowest BCUT2D eigenvalue weighted by Crippen LogP contribution is -2.69. The number of carbonyl (C=O) groups is 5. The number of rotatable bonds is 37. The highest BCUT2D eigenvalue weighted by Gasteiger charge is 2.74. The summed E-state index contributed by atoms with van der Waals surface area (Å²) in [6, 6.07) is 0. The van der Waals surface area contributed by atoms with Gasteiger partial charge in [-0.25, -0.2) is 4.79 Å². The third kappa shape index (κ3) is 23.6. The first-order chi connectivity index (χ1) is 70.5. The first-order valence-electron chi connectivity index (χ1n) is 52.3. The number of aliphatic carboxylic acids is 1. The maximum atomic E-state index is 16.7. The molecule has 9 saturated heterocycles. The van der Waals surface area contributed by atoms with Crippen LogP contribution in [-0.2, 0) is 119 Å². The first kappa shape index (κ1) is 121. The largest absolute Gasteiger partial charge is 0.479 e. The predicted molar refractivity (Wildman–Crippen MR) is 495 cm³/mol. The average Bonchev–Trinajstić information content (AvgIpc) is 0.733. The number of fused-ring (bicyclic) bond motifs is 7. The number of aliphatic hydroxyl groups is 25. The van der Waals surface area contributed by atoms with Crippen molar-refractivity contribution in [2.45, 2.75) is 481 Å². The Morgan fingerprint density at radius 3 is 1.49 bits per heavy atom. The summed E-state index contributed by atoms with van der Waals surface area (Å²) in [5.41, 5.74) is -5.95. The second-order valence-corrected chi connectivity index (χ2v) is 45.7. The van der Waals surface area contributed by atoms with Gasteiger partial charge in [0.05, 0.1) is 100 Å². The van der Waals surface area contributed by atoms with Crippen molar-refractivity contribution in [3.8, 4) is 0 Å². The number of carboxylic acids is 1. The highest BCUT2D eigenvalue weighted by Crippen LogP contribution is 2.76. The van der Waals surface area contributed by atoms with Crippen LogP contribution < -0.4 is 0 Å². The maximum Gasteiger partial charge on any atom is 0.335 e. The van der Waals surface area contributed by atoms with E-state index in [1.54, 1.807) is 27.7 Å². The summed E-state index contributed by atoms with van der Waals surface area (Å²) in [5.74, 6) is -7.68. The molecule has 13 fully saturated rings. The molecule has 26 N–H and O–H groups in total. The van der Waals surface area contributed by atoms with E-state index in [1.165, 1.54) is 20.8 Å². The molecule has 150 heavy (non-hydrogen) atoms. The molecule has 0 bridgehead atoms. The van der Waals surface area contributed by atoms with E-state index in [1.807, 2.05) is 27.7 Å². The van der Waals surface area contributed by atoms with Gasteiger partial charge in [0.25, 0.3) is 0 Å². The van der Waals surface area contributed by atoms with Crippen molar-refractivity contribution in [1.82, 2.24) is 0 Å². The van der Waals surface area contributed by atoms with E-state index < -0.39 is 421 Å². The van der Waals surface area contributed by atoms with Crippen LogP contribution in [0.1, 0.15) is 186 Å². The summed E-state index contributed by atoms with van der Waals surface area (Å²) in [5, 5.41) is 292. The third-order valence-electron chi connectivity index (χ3n) is 35.6. The number of aliphatic hydroxyl groups excluding tert-OH is 25. The van der Waals surface area contributed by atoms with Gasteiger partial charge in [-0.3, -0.25) is 14.4 Å². The van der Waals surface area contributed by atoms with Gasteiger partial charge in [-0.05, 0) is 130 Å². The van der Waals surface area contributed by atoms with Gasteiger partial charge in [0.2, 0.25) is 6.29 Å². The highest BCUT2D eigenvalue weighted by molar-refractivity contribution is 5.80. The minimum atomic E-state index is -2.39. The van der Waals surface area contributed by atoms with E-state index in [-0.39, 0.29) is 56.8 Å². The van der Waals surface area contributed by atoms with Gasteiger partial charge < -0.3 is 232 Å². The van der Waals surface area contributed by atoms with E-state index in [0.29, 0.717) is 32.1 Å². The van der Waals surface area contributed by atoms with Crippen LogP contribution in [0.5, 0.6) is 0 Å². The van der Waals surface area contributed by atoms with Crippen molar-refractivity contribution in [2.75, 3.05) is 33.0 Å². The van der Waals surface area contributed by atoms with E-state index in [4.69, 9.17) is 94.7 Å². The molecule has 0 aromatic carbocycles. The number of esters is 3. The van der Waals surface area contributed by atoms with Crippen molar-refractivity contribution >= 4 is 30.2 Å². The monoisotopic (exact) mass is 2160 g/mol. The molecule has 51 heteroatoms. The number of aldehydes is 1. The Morgan fingerprint density at radius 2 is 0.907 bits per heavy atom. The molecule has 14 rings (SSSR count). The predicted octanol–water partition coefficient (Wildman–Crippen LogP) is -7.47. The fourth-order valence-corrected chi connectivity index (χ4v) is 25.8. The number of ether oxygens (including phenoxy) is 20. The third-order valence-corrected chi connectivity index (χ3v) is 35.6. The molecule has 0 aromatic heterocycles. The summed E-state index contributed by atoms with van der Waals surface area (Å²) >= 11 is 0. The first-order valence-corrected chi connectivity index (χ1v) is 52.3. The highest BCUT2D eigenvalue weighted by atomic mass is 16.8. The number of hydrogen-bond acceptors (Lipinski definition) is 50. The Morgan fingerprint density at radius 1 is 0.433 bits per heavy atom. The molecule has 0 amide bonds. The Labute approximate surface area is 865 Å². The standard InChI is InChI=1S/C99H160O51/c1-14-36(3)47(136-56(109)26-42(105)25-48(37(4)15-2)137-87-67(120)62(115)51(32-102)138-87)24-41(104)27-57(110)142-75-39(6)135-91(81(71(75)124)148-90-74(127)79(146-88-69(122)64(117)60(113)49(30-100)139-88)76(40(7)134-90)143-85-73(126)77(46(107)34-132-85)144-84-66(119)59(112)45(106)33-131-84)150-93(130)99-23-22-94(8,9)28-44(99)43-16-17-53-95(10)20-19-55(96(11,35-103)52(95)18-21-97(53,12)98(43,13)29-54(99)108)141-92-82(149-89-70(123)65(118)61(114)50(31-101)140-89)78(72(125)80(147-92)83(128)129)145-86-68(121)63(116)58(111)38(5)133-86/h16,35-42,44-55,58-82,84-92,100-102,104-108,111-127H,14-15,17-34H2,1-13H3,(H,128,129). The normalized spacial score (nSPS) is 49.5. The number of carbonyl (C=O) groups excluding carboxylic acids is 4. The van der Waals surface area contributed by atoms with Crippen molar-refractivity contribution in [2.24, 2.45) is 62.1 Å². The zero-order chi connectivity index (χ0) is 110. The van der Waals surface area contributed by atoms with Crippen LogP contribution in [0.15, 0.2) is 11.6 Å². The molecular formula is C99H160O51. The minimum Gasteiger partial charge on any atom is -0.479 e. The Kier molecular flexibility index (Phi) is 39.3. The lowest BCUT2D eigenvalue weighted by Gasteiger charge is -2.71. The second-order valence-electron chi connectivity index (χ2n) is 45.7. The summed E-state index contributed by atoms with van der Waals surface area (Å²) in [4.78, 5) is 72.9. The summed E-state index contributed by atoms with van der Waals surface area (Å²) in [6.07, 6.45) is -85.0. The van der Waals surface area contributed by atoms with E-state index >= 15 is 4.79 Å². The molecule has 51 nitrogen and oxygen atoms in total. The Hall–Kier alpha value is -4.39. The lowest BCUT2D eigenvalue weighted by molar-refractivity contribution is -0.397. The zero-order valence-corrected chi connectivity index (χ0v) is 86.2. The van der Waals surface area contributed by atoms with Crippen LogP contribution in [0.3, 0.4) is 0 Å². The number of carboxylic acid groups (broad SMARTS) is 1. The minimum absolute atomic E-state index is 0.00399. The molecule has 14 aliphatic rings. The molecule has 9 heterocycles. The van der Waals surface area contributed by atoms with Gasteiger partial charge in [-0.2, -0.15) is 0 Å². The van der Waals surface area contributed by atoms with Gasteiger partial charge in [0, 0.05) is 12.8 Å². The van der Waals surface area contributed by atoms with Gasteiger partial charge >= 0.3 is 23.9 Å². The Balaban J connectivity index is 0.750. The van der Waals surface area contributed by atoms with Gasteiger partial charge in [-0.15, -0.1) is 0 Å². The molecule has 0 radical (unpaired) electrons. The van der Waals surface area contributed by atoms with Crippen LogP contribution in [0.4, 0.5) is 0 Å². The van der Waals surface area contributed by atoms with Gasteiger partial charge in [0.15, 0.2) is 68.6 Å². The SMILES string of the molecule is CCC(C)C(CC(O)CC(=O)OC1C(C)OC(OC(=O)C23CCC(C)(C)CC2C2=CCC4C5(C)CCC(OC6OC(C(=O)O)C(O)C(OC7OC(C)C(O)C(O)C7O)C6OC6OC(CO)C(O)C(O)C6O)C(C)(C=O)C5CCC4(C)C2(C)CC3O)C(OC2OC(C)C(OC3OCC(O)C(OC4OCC(O)C(O)C4O)C3O)C(OC3OC(CO)C(O)C(O)C3O)C2O)C1O)OC(=O)CC(O)CC(OC1OC(CO)C(O)C1O)C(C)CC. The number of hydrogen-bond donors (Lipinski definition) is 26. The smallest absolute Gasteiger partial charge is 0.335 e. The van der Waals surface area contributed by atoms with Gasteiger partial charge in [0.1, 0.15) is 183 Å². The molecule has 4 saturated carbocycles. The van der Waals surface area contributed by atoms with Crippen molar-refractivity contribution in [3.05, 3.63) is 11.6 Å². The van der Waals surface area contributed by atoms with E-state index in [0.717, 1.165) is 11.9 Å². The number of allylic oxidation sites excluding steroid dienone is 2. The summed E-state index contributed by atoms with van der Waals surface area (Å²) in [6.45, 7) is 19.0. The fourth-order valence-electron chi connectivity index (χ4n) is 25.8. The zero-order valence-electron chi connectivity index (χ0n) is 86.2. The van der Waals surface area contributed by atoms with Crippen LogP contribution in [0, 0.1) is 62.1 Å². The molecule has 9 aliphatic heterocycles. The average molecular weight is 2170 g/mol. The van der Waals surface area contributed by atoms with E-state index in [2.05, 4.69) is 19.9 Å². The van der Waals surface area contributed by atoms with Gasteiger partial charge in [-0.1, -0.05) is 93.7 Å². The van der Waals surface area contributed by atoms with Crippen molar-refractivity contribution < 1.29 is 251 Å². The molecule has 5 aliphatic carbocycles. The molecular weight excluding hydrogens is 2010 g/mol. The molecule has 0 spiro atoms. The topological polar surface area (TPSA) is 796 Å². The second kappa shape index (κ2) is 48.6. The van der Waals surface area contributed by atoms with Crippen molar-refractivity contribution in [1.29, 1.82) is 0 Å². The van der Waals surface area contributed by atoms with Crippen molar-refractivity contribution in [3.63, 3.8) is 0 Å². The van der Waals surface area contributed by atoms with Crippen LogP contribution in [0.25, 0.3) is 0 Å². The quantitative estimate of drug-likeness (QED) is 0.00903. The molecule has 0 aromatic rings. The van der Waals surface area contributed by atoms with Crippen LogP contribution in [-0.4, -0.2) is 491 Å². The fraction of sp³-hybridized carbons (Fsp3) is 0.929. The van der Waals surface area contributed by atoms with Crippen LogP contribution >= 0.6 is 0 Å². The molecule has 58 atom stereocenters. The molecule has 862 valence electrons. The van der Waals surface area contributed by atoms with Crippen LogP contribution in [0.2, 0.25) is 0 Å².